The third-order valence-corrected chi connectivity index (χ3v) is 6.37. The van der Waals surface area contributed by atoms with Gasteiger partial charge in [0.15, 0.2) is 0 Å². The van der Waals surface area contributed by atoms with Gasteiger partial charge in [0.05, 0.1) is 28.1 Å². The topological polar surface area (TPSA) is 44.2 Å². The molecular weight excluding hydrogens is 383 g/mol. The van der Waals surface area contributed by atoms with Gasteiger partial charge in [-0.3, -0.25) is 4.98 Å². The lowest BCUT2D eigenvalue weighted by Gasteiger charge is -2.32. The molecule has 0 bridgehead atoms. The van der Waals surface area contributed by atoms with E-state index in [-0.39, 0.29) is 11.2 Å². The summed E-state index contributed by atoms with van der Waals surface area (Å²) >= 11 is 0. The van der Waals surface area contributed by atoms with Crippen molar-refractivity contribution in [3.63, 3.8) is 0 Å². The number of hydrogen-bond donors (Lipinski definition) is 0. The van der Waals surface area contributed by atoms with E-state index in [1.807, 2.05) is 24.3 Å². The van der Waals surface area contributed by atoms with E-state index in [4.69, 9.17) is 14.3 Å². The predicted molar refractivity (Wildman–Crippen MR) is 126 cm³/mol. The van der Waals surface area contributed by atoms with Crippen LogP contribution in [0.25, 0.3) is 33.4 Å². The monoisotopic (exact) mass is 408 g/mol. The van der Waals surface area contributed by atoms with E-state index in [2.05, 4.69) is 81.2 Å². The van der Waals surface area contributed by atoms with Crippen LogP contribution in [-0.4, -0.2) is 28.3 Å². The molecule has 5 heteroatoms. The molecule has 1 aliphatic heterocycles. The molecular formula is C26H25BN2O2. The van der Waals surface area contributed by atoms with Gasteiger partial charge in [0.25, 0.3) is 0 Å². The van der Waals surface area contributed by atoms with Crippen LogP contribution in [0.5, 0.6) is 0 Å². The molecule has 0 aliphatic carbocycles. The maximum atomic E-state index is 6.27. The summed E-state index contributed by atoms with van der Waals surface area (Å²) in [5.41, 5.74) is 5.07. The maximum absolute atomic E-state index is 6.27. The molecule has 2 aromatic carbocycles. The first-order valence-electron chi connectivity index (χ1n) is 10.6. The molecule has 0 radical (unpaired) electrons. The fraction of sp³-hybridized carbons (Fsp3) is 0.231. The van der Waals surface area contributed by atoms with Crippen LogP contribution >= 0.6 is 0 Å². The lowest BCUT2D eigenvalue weighted by Crippen LogP contribution is -2.41. The van der Waals surface area contributed by atoms with E-state index in [0.717, 1.165) is 38.9 Å². The molecule has 1 saturated heterocycles. The summed E-state index contributed by atoms with van der Waals surface area (Å²) in [6.07, 6.45) is 1.80. The number of fused-ring (bicyclic) bond motifs is 1. The molecule has 4 nitrogen and oxygen atoms in total. The number of aromatic nitrogens is 2. The number of pyridine rings is 2. The first kappa shape index (κ1) is 19.9. The minimum absolute atomic E-state index is 0.384. The van der Waals surface area contributed by atoms with Crippen molar-refractivity contribution >= 4 is 23.5 Å². The summed E-state index contributed by atoms with van der Waals surface area (Å²) in [6, 6.07) is 24.7. The first-order chi connectivity index (χ1) is 14.8. The van der Waals surface area contributed by atoms with Crippen molar-refractivity contribution in [2.45, 2.75) is 38.9 Å². The van der Waals surface area contributed by atoms with Crippen LogP contribution in [0.4, 0.5) is 0 Å². The van der Waals surface area contributed by atoms with Gasteiger partial charge in [-0.2, -0.15) is 0 Å². The highest BCUT2D eigenvalue weighted by Gasteiger charge is 2.51. The lowest BCUT2D eigenvalue weighted by atomic mass is 9.78. The quantitative estimate of drug-likeness (QED) is 0.434. The summed E-state index contributed by atoms with van der Waals surface area (Å²) < 4.78 is 12.5. The van der Waals surface area contributed by atoms with Gasteiger partial charge in [-0.15, -0.1) is 0 Å². The Balaban J connectivity index is 1.67. The lowest BCUT2D eigenvalue weighted by molar-refractivity contribution is 0.00578. The Kier molecular flexibility index (Phi) is 4.69. The third-order valence-electron chi connectivity index (χ3n) is 6.37. The third kappa shape index (κ3) is 3.54. The Hall–Kier alpha value is -3.02. The second-order valence-electron chi connectivity index (χ2n) is 9.00. The van der Waals surface area contributed by atoms with Crippen molar-refractivity contribution in [2.24, 2.45) is 0 Å². The molecule has 5 rings (SSSR count). The second-order valence-corrected chi connectivity index (χ2v) is 9.00. The molecule has 0 spiro atoms. The summed E-state index contributed by atoms with van der Waals surface area (Å²) in [4.78, 5) is 9.48. The molecule has 1 aliphatic rings. The zero-order valence-corrected chi connectivity index (χ0v) is 18.3. The minimum atomic E-state index is -0.421. The largest absolute Gasteiger partial charge is 0.494 e. The Labute approximate surface area is 183 Å². The zero-order valence-electron chi connectivity index (χ0n) is 18.3. The summed E-state index contributed by atoms with van der Waals surface area (Å²) in [6.45, 7) is 8.27. The van der Waals surface area contributed by atoms with Crippen molar-refractivity contribution in [2.75, 3.05) is 0 Å². The average molecular weight is 408 g/mol. The molecule has 31 heavy (non-hydrogen) atoms. The molecule has 0 saturated carbocycles. The Morgan fingerprint density at radius 2 is 1.45 bits per heavy atom. The van der Waals surface area contributed by atoms with Gasteiger partial charge in [0.2, 0.25) is 0 Å². The summed E-state index contributed by atoms with van der Waals surface area (Å²) in [5.74, 6) is 0. The van der Waals surface area contributed by atoms with Gasteiger partial charge in [-0.1, -0.05) is 48.5 Å². The van der Waals surface area contributed by atoms with Crippen molar-refractivity contribution in [1.29, 1.82) is 0 Å². The SMILES string of the molecule is CC1(C)OB(c2ccc3c(-c4ccccc4)cc(-c4ccccn4)nc3c2)OC1(C)C. The van der Waals surface area contributed by atoms with Gasteiger partial charge in [0.1, 0.15) is 0 Å². The molecule has 0 unspecified atom stereocenters. The molecule has 2 aromatic heterocycles. The van der Waals surface area contributed by atoms with E-state index in [0.29, 0.717) is 0 Å². The molecule has 1 fully saturated rings. The van der Waals surface area contributed by atoms with Crippen molar-refractivity contribution in [3.05, 3.63) is 79.0 Å². The highest BCUT2D eigenvalue weighted by atomic mass is 16.7. The van der Waals surface area contributed by atoms with E-state index in [9.17, 15) is 0 Å². The van der Waals surface area contributed by atoms with Gasteiger partial charge in [0, 0.05) is 11.6 Å². The summed E-state index contributed by atoms with van der Waals surface area (Å²) in [7, 11) is -0.421. The Morgan fingerprint density at radius 3 is 2.13 bits per heavy atom. The number of benzene rings is 2. The van der Waals surface area contributed by atoms with Gasteiger partial charge in [-0.25, -0.2) is 4.98 Å². The van der Waals surface area contributed by atoms with Crippen molar-refractivity contribution in [3.8, 4) is 22.5 Å². The smallest absolute Gasteiger partial charge is 0.399 e. The standard InChI is InChI=1S/C26H25BN2O2/c1-25(2)26(3,4)31-27(30-25)19-13-14-20-21(18-10-6-5-7-11-18)17-24(29-23(20)16-19)22-12-8-9-15-28-22/h5-17H,1-4H3. The van der Waals surface area contributed by atoms with E-state index in [1.54, 1.807) is 6.20 Å². The van der Waals surface area contributed by atoms with Crippen molar-refractivity contribution < 1.29 is 9.31 Å². The average Bonchev–Trinajstić information content (AvgIpc) is 3.00. The fourth-order valence-corrected chi connectivity index (χ4v) is 3.87. The van der Waals surface area contributed by atoms with Crippen LogP contribution in [0, 0.1) is 0 Å². The molecule has 4 aromatic rings. The minimum Gasteiger partial charge on any atom is -0.399 e. The van der Waals surface area contributed by atoms with Crippen LogP contribution in [0.1, 0.15) is 27.7 Å². The molecule has 154 valence electrons. The highest BCUT2D eigenvalue weighted by molar-refractivity contribution is 6.62. The molecule has 0 amide bonds. The van der Waals surface area contributed by atoms with Gasteiger partial charge < -0.3 is 9.31 Å². The van der Waals surface area contributed by atoms with Crippen LogP contribution in [0.3, 0.4) is 0 Å². The normalized spacial score (nSPS) is 17.2. The van der Waals surface area contributed by atoms with Gasteiger partial charge in [-0.05, 0) is 68.6 Å². The van der Waals surface area contributed by atoms with Gasteiger partial charge >= 0.3 is 7.12 Å². The molecule has 0 N–H and O–H groups in total. The van der Waals surface area contributed by atoms with Crippen LogP contribution < -0.4 is 5.46 Å². The van der Waals surface area contributed by atoms with E-state index >= 15 is 0 Å². The van der Waals surface area contributed by atoms with Crippen LogP contribution in [-0.2, 0) is 9.31 Å². The molecule has 3 heterocycles. The molecule has 0 atom stereocenters. The van der Waals surface area contributed by atoms with E-state index < -0.39 is 7.12 Å². The van der Waals surface area contributed by atoms with Crippen LogP contribution in [0.15, 0.2) is 79.0 Å². The maximum Gasteiger partial charge on any atom is 0.494 e. The number of nitrogens with zero attached hydrogens (tertiary/aromatic N) is 2. The highest BCUT2D eigenvalue weighted by Crippen LogP contribution is 2.37. The Morgan fingerprint density at radius 1 is 0.742 bits per heavy atom. The zero-order chi connectivity index (χ0) is 21.6. The Bertz CT molecular complexity index is 1220. The summed E-state index contributed by atoms with van der Waals surface area (Å²) in [5, 5.41) is 1.09. The van der Waals surface area contributed by atoms with Crippen LogP contribution in [0.2, 0.25) is 0 Å². The van der Waals surface area contributed by atoms with E-state index in [1.165, 1.54) is 0 Å². The second kappa shape index (κ2) is 7.29. The van der Waals surface area contributed by atoms with Crippen molar-refractivity contribution in [1.82, 2.24) is 9.97 Å². The predicted octanol–water partition coefficient (Wildman–Crippen LogP) is 5.26. The number of rotatable bonds is 3. The first-order valence-corrected chi connectivity index (χ1v) is 10.6. The fourth-order valence-electron chi connectivity index (χ4n) is 3.87. The number of hydrogen-bond acceptors (Lipinski definition) is 4.